The summed E-state index contributed by atoms with van der Waals surface area (Å²) in [5.41, 5.74) is 0.746. The van der Waals surface area contributed by atoms with E-state index in [0.717, 1.165) is 121 Å². The maximum absolute atomic E-state index is 13.0. The van der Waals surface area contributed by atoms with Gasteiger partial charge in [-0.3, -0.25) is 9.59 Å². The van der Waals surface area contributed by atoms with Gasteiger partial charge in [0.05, 0.1) is 37.8 Å². The number of nitrogens with one attached hydrogen (secondary N) is 1. The van der Waals surface area contributed by atoms with Crippen LogP contribution in [0.15, 0.2) is 0 Å². The monoisotopic (exact) mass is 933 g/mol. The van der Waals surface area contributed by atoms with Gasteiger partial charge in [-0.2, -0.15) is 0 Å². The zero-order chi connectivity index (χ0) is 48.4. The van der Waals surface area contributed by atoms with Crippen LogP contribution in [0.2, 0.25) is 0 Å². The number of unbranched alkanes of at least 4 members (excludes halogenated alkanes) is 29. The molecule has 2 unspecified atom stereocenters. The lowest BCUT2D eigenvalue weighted by molar-refractivity contribution is -0.150. The number of hydrogen-bond acceptors (Lipinski definition) is 7. The predicted octanol–water partition coefficient (Wildman–Crippen LogP) is 18.1. The fraction of sp³-hybridized carbons (Fsp3) is 0.949. The summed E-state index contributed by atoms with van der Waals surface area (Å²) in [6.45, 7) is 11.8. The van der Waals surface area contributed by atoms with Crippen LogP contribution in [0, 0.1) is 17.2 Å². The molecule has 66 heavy (non-hydrogen) atoms. The largest absolute Gasteiger partial charge is 0.465 e. The van der Waals surface area contributed by atoms with Gasteiger partial charge in [-0.1, -0.05) is 233 Å². The van der Waals surface area contributed by atoms with E-state index in [9.17, 15) is 9.59 Å². The number of hydrogen-bond donors (Lipinski definition) is 1. The minimum atomic E-state index is 0.0673. The molecule has 0 aromatic carbocycles. The van der Waals surface area contributed by atoms with Crippen LogP contribution in [0.5, 0.6) is 0 Å². The van der Waals surface area contributed by atoms with E-state index in [1.54, 1.807) is 0 Å². The standard InChI is InChI=1S/C59H116N2O5/c1-7-11-15-19-27-35-45-54(43-33-17-13-9-3)58(62)64-51-41-31-25-21-23-29-37-48-57(66-53-56(60)47-39-40-50-61(5)6)49-38-30-24-22-26-32-42-52-65-59(63)55(44-34-18-14-10-4)46-36-28-20-16-12-8-2/h54-55,57,60H,7-53H2,1-6H3. The Morgan fingerprint density at radius 3 is 1.05 bits per heavy atom. The van der Waals surface area contributed by atoms with Gasteiger partial charge >= 0.3 is 11.9 Å². The lowest BCUT2D eigenvalue weighted by Gasteiger charge is -2.19. The van der Waals surface area contributed by atoms with Gasteiger partial charge in [0.15, 0.2) is 0 Å². The quantitative estimate of drug-likeness (QED) is 0.0371. The molecule has 0 amide bonds. The Kier molecular flexibility index (Phi) is 50.2. The Labute approximate surface area is 412 Å². The molecule has 0 aliphatic carbocycles. The smallest absolute Gasteiger partial charge is 0.308 e. The first-order valence-corrected chi connectivity index (χ1v) is 29.4. The molecule has 0 aromatic rings. The predicted molar refractivity (Wildman–Crippen MR) is 286 cm³/mol. The SMILES string of the molecule is CCCCCCCCC(CCCCCC)C(=O)OCCCCCCCCCC(CCCCCCCCCOC(=O)C(CCCCCC)CCCCCCCC)OCC(=N)CCCCN(C)C. The van der Waals surface area contributed by atoms with Crippen LogP contribution in [-0.2, 0) is 23.8 Å². The fourth-order valence-corrected chi connectivity index (χ4v) is 9.40. The molecule has 7 heteroatoms. The summed E-state index contributed by atoms with van der Waals surface area (Å²) in [5, 5.41) is 8.52. The Balaban J connectivity index is 4.48. The molecule has 0 aliphatic heterocycles. The lowest BCUT2D eigenvalue weighted by Crippen LogP contribution is -2.19. The molecule has 0 heterocycles. The molecule has 2 atom stereocenters. The fourth-order valence-electron chi connectivity index (χ4n) is 9.40. The summed E-state index contributed by atoms with van der Waals surface area (Å²) < 4.78 is 18.1. The maximum atomic E-state index is 13.0. The highest BCUT2D eigenvalue weighted by Gasteiger charge is 2.20. The minimum absolute atomic E-state index is 0.0673. The van der Waals surface area contributed by atoms with Crippen molar-refractivity contribution in [2.75, 3.05) is 40.5 Å². The van der Waals surface area contributed by atoms with Crippen molar-refractivity contribution in [1.29, 1.82) is 5.41 Å². The van der Waals surface area contributed by atoms with Crippen LogP contribution in [0.3, 0.4) is 0 Å². The second-order valence-electron chi connectivity index (χ2n) is 20.9. The Bertz CT molecular complexity index is 972. The Morgan fingerprint density at radius 2 is 0.697 bits per heavy atom. The van der Waals surface area contributed by atoms with Crippen LogP contribution in [0.1, 0.15) is 304 Å². The lowest BCUT2D eigenvalue weighted by atomic mass is 9.94. The van der Waals surface area contributed by atoms with E-state index in [1.165, 1.54) is 167 Å². The first-order valence-electron chi connectivity index (χ1n) is 29.4. The summed E-state index contributed by atoms with van der Waals surface area (Å²) in [5.74, 6) is 0.334. The molecule has 0 bridgehead atoms. The van der Waals surface area contributed by atoms with Gasteiger partial charge in [0.25, 0.3) is 0 Å². The molecular weight excluding hydrogens is 817 g/mol. The van der Waals surface area contributed by atoms with Crippen molar-refractivity contribution >= 4 is 17.7 Å². The van der Waals surface area contributed by atoms with Crippen LogP contribution >= 0.6 is 0 Å². The highest BCUT2D eigenvalue weighted by molar-refractivity contribution is 5.82. The minimum Gasteiger partial charge on any atom is -0.465 e. The topological polar surface area (TPSA) is 88.9 Å². The molecule has 0 fully saturated rings. The molecule has 1 N–H and O–H groups in total. The second-order valence-corrected chi connectivity index (χ2v) is 20.9. The molecule has 0 radical (unpaired) electrons. The number of ether oxygens (including phenoxy) is 3. The summed E-state index contributed by atoms with van der Waals surface area (Å²) in [6.07, 6.45) is 51.1. The number of esters is 2. The number of carbonyl (C=O) groups excluding carboxylic acids is 2. The van der Waals surface area contributed by atoms with E-state index >= 15 is 0 Å². The van der Waals surface area contributed by atoms with Gasteiger partial charge < -0.3 is 24.5 Å². The van der Waals surface area contributed by atoms with Crippen molar-refractivity contribution in [2.45, 2.75) is 310 Å². The van der Waals surface area contributed by atoms with Crippen molar-refractivity contribution in [3.8, 4) is 0 Å². The normalized spacial score (nSPS) is 13.0. The van der Waals surface area contributed by atoms with Crippen LogP contribution < -0.4 is 0 Å². The van der Waals surface area contributed by atoms with Crippen LogP contribution in [-0.4, -0.2) is 69.1 Å². The van der Waals surface area contributed by atoms with E-state index in [4.69, 9.17) is 19.6 Å². The molecule has 0 saturated carbocycles. The Morgan fingerprint density at radius 1 is 0.394 bits per heavy atom. The van der Waals surface area contributed by atoms with Gasteiger partial charge in [-0.15, -0.1) is 0 Å². The Hall–Kier alpha value is -1.47. The maximum Gasteiger partial charge on any atom is 0.308 e. The van der Waals surface area contributed by atoms with E-state index in [1.807, 2.05) is 0 Å². The van der Waals surface area contributed by atoms with Gasteiger partial charge in [-0.05, 0) is 91.3 Å². The third-order valence-corrected chi connectivity index (χ3v) is 13.9. The van der Waals surface area contributed by atoms with E-state index in [-0.39, 0.29) is 29.9 Å². The molecule has 0 aliphatic rings. The molecule has 0 aromatic heterocycles. The average Bonchev–Trinajstić information content (AvgIpc) is 3.31. The average molecular weight is 934 g/mol. The van der Waals surface area contributed by atoms with Crippen LogP contribution in [0.4, 0.5) is 0 Å². The molecule has 0 saturated heterocycles. The third kappa shape index (κ3) is 45.0. The summed E-state index contributed by atoms with van der Waals surface area (Å²) in [4.78, 5) is 28.2. The first kappa shape index (κ1) is 64.5. The summed E-state index contributed by atoms with van der Waals surface area (Å²) in [6, 6.07) is 0. The zero-order valence-corrected chi connectivity index (χ0v) is 45.5. The van der Waals surface area contributed by atoms with Gasteiger partial charge in [0.1, 0.15) is 0 Å². The van der Waals surface area contributed by atoms with E-state index < -0.39 is 0 Å². The van der Waals surface area contributed by atoms with Gasteiger partial charge in [0, 0.05) is 5.71 Å². The summed E-state index contributed by atoms with van der Waals surface area (Å²) >= 11 is 0. The zero-order valence-electron chi connectivity index (χ0n) is 45.5. The molecule has 0 rings (SSSR count). The highest BCUT2D eigenvalue weighted by Crippen LogP contribution is 2.23. The van der Waals surface area contributed by atoms with Gasteiger partial charge in [-0.25, -0.2) is 0 Å². The van der Waals surface area contributed by atoms with E-state index in [2.05, 4.69) is 46.7 Å². The third-order valence-electron chi connectivity index (χ3n) is 13.9. The highest BCUT2D eigenvalue weighted by atomic mass is 16.5. The van der Waals surface area contributed by atoms with Crippen LogP contribution in [0.25, 0.3) is 0 Å². The van der Waals surface area contributed by atoms with Crippen molar-refractivity contribution in [2.24, 2.45) is 11.8 Å². The van der Waals surface area contributed by atoms with Crippen molar-refractivity contribution in [3.63, 3.8) is 0 Å². The first-order chi connectivity index (χ1) is 32.3. The molecule has 392 valence electrons. The number of carbonyl (C=O) groups is 2. The molecule has 0 spiro atoms. The molecule has 7 nitrogen and oxygen atoms in total. The van der Waals surface area contributed by atoms with Gasteiger partial charge in [0.2, 0.25) is 0 Å². The van der Waals surface area contributed by atoms with E-state index in [0.29, 0.717) is 19.8 Å². The molecular formula is C59H116N2O5. The number of rotatable bonds is 54. The number of nitrogens with zero attached hydrogens (tertiary/aromatic N) is 1. The second kappa shape index (κ2) is 51.4. The van der Waals surface area contributed by atoms with Crippen molar-refractivity contribution < 1.29 is 23.8 Å². The summed E-state index contributed by atoms with van der Waals surface area (Å²) in [7, 11) is 4.23. The van der Waals surface area contributed by atoms with Crippen molar-refractivity contribution in [1.82, 2.24) is 4.90 Å². The van der Waals surface area contributed by atoms with Crippen molar-refractivity contribution in [3.05, 3.63) is 0 Å².